The SMILES string of the molecule is CCOC(=O)C1=C(C)N=c2s/c(=C\c3cccc([N+](=O)[O-])c3)c(=O)n2[C@@H]1c1ccc(SC)cc1. The second kappa shape index (κ2) is 9.78. The molecular weight excluding hydrogens is 474 g/mol. The maximum atomic E-state index is 13.5. The monoisotopic (exact) mass is 495 g/mol. The number of allylic oxidation sites excluding steroid dienone is 1. The lowest BCUT2D eigenvalue weighted by Gasteiger charge is -2.24. The van der Waals surface area contributed by atoms with Crippen molar-refractivity contribution in [2.24, 2.45) is 4.99 Å². The number of esters is 1. The Balaban J connectivity index is 1.93. The number of hydrogen-bond donors (Lipinski definition) is 0. The number of ether oxygens (including phenoxy) is 1. The van der Waals surface area contributed by atoms with Crippen LogP contribution in [0.4, 0.5) is 5.69 Å². The van der Waals surface area contributed by atoms with Gasteiger partial charge in [-0.1, -0.05) is 35.6 Å². The van der Waals surface area contributed by atoms with Crippen LogP contribution in [-0.2, 0) is 9.53 Å². The zero-order chi connectivity index (χ0) is 24.4. The first-order valence-corrected chi connectivity index (χ1v) is 12.5. The molecule has 174 valence electrons. The molecule has 1 aliphatic heterocycles. The lowest BCUT2D eigenvalue weighted by molar-refractivity contribution is -0.384. The van der Waals surface area contributed by atoms with Crippen molar-refractivity contribution in [3.63, 3.8) is 0 Å². The van der Waals surface area contributed by atoms with Crippen molar-refractivity contribution in [1.29, 1.82) is 0 Å². The van der Waals surface area contributed by atoms with Gasteiger partial charge in [0.2, 0.25) is 0 Å². The summed E-state index contributed by atoms with van der Waals surface area (Å²) in [4.78, 5) is 43.1. The van der Waals surface area contributed by atoms with Crippen LogP contribution in [-0.4, -0.2) is 28.3 Å². The zero-order valence-corrected chi connectivity index (χ0v) is 20.3. The number of carbonyl (C=O) groups is 1. The van der Waals surface area contributed by atoms with Gasteiger partial charge >= 0.3 is 5.97 Å². The molecule has 0 fully saturated rings. The fourth-order valence-electron chi connectivity index (χ4n) is 3.77. The van der Waals surface area contributed by atoms with Crippen LogP contribution < -0.4 is 14.9 Å². The highest BCUT2D eigenvalue weighted by Gasteiger charge is 2.33. The number of nitro groups is 1. The highest BCUT2D eigenvalue weighted by molar-refractivity contribution is 7.98. The van der Waals surface area contributed by atoms with Crippen LogP contribution in [0.25, 0.3) is 6.08 Å². The van der Waals surface area contributed by atoms with Crippen LogP contribution in [0, 0.1) is 10.1 Å². The Hall–Kier alpha value is -3.50. The first-order chi connectivity index (χ1) is 16.3. The van der Waals surface area contributed by atoms with Crippen LogP contribution in [0.1, 0.15) is 31.0 Å². The van der Waals surface area contributed by atoms with Gasteiger partial charge in [-0.25, -0.2) is 9.79 Å². The molecule has 1 aliphatic rings. The minimum atomic E-state index is -0.696. The van der Waals surface area contributed by atoms with Gasteiger partial charge in [-0.05, 0) is 49.4 Å². The first kappa shape index (κ1) is 23.7. The van der Waals surface area contributed by atoms with Crippen LogP contribution in [0.5, 0.6) is 0 Å². The van der Waals surface area contributed by atoms with Gasteiger partial charge in [-0.3, -0.25) is 19.5 Å². The molecule has 0 aliphatic carbocycles. The highest BCUT2D eigenvalue weighted by Crippen LogP contribution is 2.31. The molecule has 34 heavy (non-hydrogen) atoms. The Labute approximate surface area is 203 Å². The third-order valence-corrected chi connectivity index (χ3v) is 7.05. The summed E-state index contributed by atoms with van der Waals surface area (Å²) in [6.45, 7) is 3.66. The van der Waals surface area contributed by atoms with Gasteiger partial charge in [0.25, 0.3) is 11.2 Å². The Morgan fingerprint density at radius 3 is 2.68 bits per heavy atom. The molecule has 0 spiro atoms. The summed E-state index contributed by atoms with van der Waals surface area (Å²) in [7, 11) is 0. The summed E-state index contributed by atoms with van der Waals surface area (Å²) in [5, 5.41) is 11.1. The molecule has 4 rings (SSSR count). The Morgan fingerprint density at radius 2 is 2.03 bits per heavy atom. The van der Waals surface area contributed by atoms with Crippen molar-refractivity contribution >= 4 is 40.8 Å². The maximum absolute atomic E-state index is 13.5. The normalized spacial score (nSPS) is 15.6. The average molecular weight is 496 g/mol. The summed E-state index contributed by atoms with van der Waals surface area (Å²) >= 11 is 2.77. The van der Waals surface area contributed by atoms with Crippen LogP contribution in [0.15, 0.2) is 74.5 Å². The van der Waals surface area contributed by atoms with E-state index in [9.17, 15) is 19.7 Å². The molecule has 2 aromatic carbocycles. The molecule has 0 saturated carbocycles. The number of rotatable bonds is 6. The minimum absolute atomic E-state index is 0.0614. The first-order valence-electron chi connectivity index (χ1n) is 10.4. The van der Waals surface area contributed by atoms with Crippen molar-refractivity contribution in [3.05, 3.63) is 101 Å². The van der Waals surface area contributed by atoms with Crippen molar-refractivity contribution in [3.8, 4) is 0 Å². The van der Waals surface area contributed by atoms with E-state index < -0.39 is 16.9 Å². The van der Waals surface area contributed by atoms with E-state index in [1.807, 2.05) is 30.5 Å². The van der Waals surface area contributed by atoms with Gasteiger partial charge in [-0.15, -0.1) is 11.8 Å². The van der Waals surface area contributed by atoms with Crippen molar-refractivity contribution in [2.75, 3.05) is 12.9 Å². The lowest BCUT2D eigenvalue weighted by Crippen LogP contribution is -2.39. The van der Waals surface area contributed by atoms with Gasteiger partial charge < -0.3 is 4.74 Å². The van der Waals surface area contributed by atoms with Crippen LogP contribution in [0.3, 0.4) is 0 Å². The molecular formula is C24H21N3O5S2. The molecule has 0 unspecified atom stereocenters. The molecule has 2 heterocycles. The summed E-state index contributed by atoms with van der Waals surface area (Å²) in [5.41, 5.74) is 1.70. The quantitative estimate of drug-likeness (QED) is 0.225. The van der Waals surface area contributed by atoms with E-state index in [1.165, 1.54) is 28.0 Å². The van der Waals surface area contributed by atoms with Gasteiger partial charge in [0.05, 0.1) is 33.4 Å². The molecule has 0 radical (unpaired) electrons. The topological polar surface area (TPSA) is 104 Å². The number of thiazole rings is 1. The average Bonchev–Trinajstić information content (AvgIpc) is 3.12. The standard InChI is InChI=1S/C24H21N3O5S2/c1-4-32-23(29)20-14(2)25-24-26(21(20)16-8-10-18(33-3)11-9-16)22(28)19(34-24)13-15-6-5-7-17(12-15)27(30)31/h5-13,21H,4H2,1-3H3/b19-13-/t21-/m1/s1. The van der Waals surface area contributed by atoms with Crippen LogP contribution in [0.2, 0.25) is 0 Å². The van der Waals surface area contributed by atoms with E-state index in [1.54, 1.807) is 43.8 Å². The minimum Gasteiger partial charge on any atom is -0.463 e. The van der Waals surface area contributed by atoms with Crippen molar-refractivity contribution in [2.45, 2.75) is 24.8 Å². The molecule has 0 saturated heterocycles. The fourth-order valence-corrected chi connectivity index (χ4v) is 5.23. The number of carbonyl (C=O) groups excluding carboxylic acids is 1. The number of nitro benzene ring substituents is 1. The van der Waals surface area contributed by atoms with Gasteiger partial charge in [0.1, 0.15) is 0 Å². The van der Waals surface area contributed by atoms with Gasteiger partial charge in [0, 0.05) is 17.0 Å². The smallest absolute Gasteiger partial charge is 0.338 e. The third-order valence-electron chi connectivity index (χ3n) is 5.33. The predicted molar refractivity (Wildman–Crippen MR) is 132 cm³/mol. The number of hydrogen-bond acceptors (Lipinski definition) is 8. The Morgan fingerprint density at radius 1 is 1.29 bits per heavy atom. The second-order valence-corrected chi connectivity index (χ2v) is 9.32. The van der Waals surface area contributed by atoms with Gasteiger partial charge in [0.15, 0.2) is 4.80 Å². The van der Waals surface area contributed by atoms with E-state index in [-0.39, 0.29) is 17.9 Å². The van der Waals surface area contributed by atoms with Gasteiger partial charge in [-0.2, -0.15) is 0 Å². The van der Waals surface area contributed by atoms with Crippen LogP contribution >= 0.6 is 23.1 Å². The Bertz CT molecular complexity index is 1490. The summed E-state index contributed by atoms with van der Waals surface area (Å²) in [6, 6.07) is 13.0. The molecule has 8 nitrogen and oxygen atoms in total. The molecule has 10 heteroatoms. The zero-order valence-electron chi connectivity index (χ0n) is 18.7. The maximum Gasteiger partial charge on any atom is 0.338 e. The summed E-state index contributed by atoms with van der Waals surface area (Å²) in [5.74, 6) is -0.518. The number of thioether (sulfide) groups is 1. The molecule has 0 bridgehead atoms. The van der Waals surface area contributed by atoms with E-state index in [0.29, 0.717) is 26.2 Å². The Kier molecular flexibility index (Phi) is 6.80. The van der Waals surface area contributed by atoms with E-state index >= 15 is 0 Å². The largest absolute Gasteiger partial charge is 0.463 e. The highest BCUT2D eigenvalue weighted by atomic mass is 32.2. The number of benzene rings is 2. The summed E-state index contributed by atoms with van der Waals surface area (Å²) in [6.07, 6.45) is 3.58. The lowest BCUT2D eigenvalue weighted by atomic mass is 9.96. The molecule has 0 amide bonds. The number of fused-ring (bicyclic) bond motifs is 1. The molecule has 1 atom stereocenters. The van der Waals surface area contributed by atoms with E-state index in [2.05, 4.69) is 4.99 Å². The fraction of sp³-hybridized carbons (Fsp3) is 0.208. The number of nitrogens with zero attached hydrogens (tertiary/aromatic N) is 3. The van der Waals surface area contributed by atoms with E-state index in [4.69, 9.17) is 4.74 Å². The van der Waals surface area contributed by atoms with Crippen molar-refractivity contribution in [1.82, 2.24) is 4.57 Å². The molecule has 3 aromatic rings. The number of aromatic nitrogens is 1. The molecule has 1 aromatic heterocycles. The second-order valence-electron chi connectivity index (χ2n) is 7.43. The van der Waals surface area contributed by atoms with E-state index in [0.717, 1.165) is 10.5 Å². The summed E-state index contributed by atoms with van der Waals surface area (Å²) < 4.78 is 7.16. The number of non-ortho nitro benzene ring substituents is 1. The molecule has 0 N–H and O–H groups in total. The third kappa shape index (κ3) is 4.46. The predicted octanol–water partition coefficient (Wildman–Crippen LogP) is 3.43. The van der Waals surface area contributed by atoms with Crippen molar-refractivity contribution < 1.29 is 14.5 Å².